The van der Waals surface area contributed by atoms with Gasteiger partial charge < -0.3 is 10.6 Å². The molecule has 0 aromatic carbocycles. The zero-order valence-corrected chi connectivity index (χ0v) is 15.3. The van der Waals surface area contributed by atoms with Gasteiger partial charge in [0.05, 0.1) is 4.47 Å². The van der Waals surface area contributed by atoms with Crippen LogP contribution in [0.25, 0.3) is 0 Å². The van der Waals surface area contributed by atoms with Crippen LogP contribution in [0.1, 0.15) is 46.0 Å². The fourth-order valence-electron chi connectivity index (χ4n) is 3.16. The summed E-state index contributed by atoms with van der Waals surface area (Å²) in [5.74, 6) is 0.735. The lowest BCUT2D eigenvalue weighted by atomic mass is 9.96. The summed E-state index contributed by atoms with van der Waals surface area (Å²) in [6, 6.07) is 0.358. The van der Waals surface area contributed by atoms with Gasteiger partial charge >= 0.3 is 0 Å². The van der Waals surface area contributed by atoms with Gasteiger partial charge in [0.1, 0.15) is 5.82 Å². The third-order valence-corrected chi connectivity index (χ3v) is 4.94. The molecule has 1 aliphatic carbocycles. The smallest absolute Gasteiger partial charge is 0.224 e. The van der Waals surface area contributed by atoms with Gasteiger partial charge in [-0.05, 0) is 46.3 Å². The maximum absolute atomic E-state index is 11.5. The Kier molecular flexibility index (Phi) is 6.03. The molecule has 0 aliphatic heterocycles. The van der Waals surface area contributed by atoms with Crippen LogP contribution in [0.3, 0.4) is 0 Å². The summed E-state index contributed by atoms with van der Waals surface area (Å²) >= 11 is 9.52. The molecule has 0 saturated heterocycles. The lowest BCUT2D eigenvalue weighted by Gasteiger charge is -2.39. The largest absolute Gasteiger partial charge is 0.370 e. The van der Waals surface area contributed by atoms with Crippen molar-refractivity contribution in [3.8, 4) is 0 Å². The van der Waals surface area contributed by atoms with E-state index in [9.17, 15) is 4.79 Å². The van der Waals surface area contributed by atoms with Crippen molar-refractivity contribution in [2.24, 2.45) is 11.7 Å². The van der Waals surface area contributed by atoms with Gasteiger partial charge in [0.15, 0.2) is 0 Å². The summed E-state index contributed by atoms with van der Waals surface area (Å²) in [6.07, 6.45) is 6.54. The van der Waals surface area contributed by atoms with E-state index in [2.05, 4.69) is 44.6 Å². The van der Waals surface area contributed by atoms with E-state index in [4.69, 9.17) is 17.3 Å². The summed E-state index contributed by atoms with van der Waals surface area (Å²) in [5, 5.41) is 0.211. The predicted octanol–water partition coefficient (Wildman–Crippen LogP) is 3.54. The van der Waals surface area contributed by atoms with Crippen molar-refractivity contribution < 1.29 is 4.79 Å². The number of hydrogen-bond donors (Lipinski definition) is 1. The van der Waals surface area contributed by atoms with E-state index in [1.807, 2.05) is 0 Å². The summed E-state index contributed by atoms with van der Waals surface area (Å²) in [5.41, 5.74) is 5.48. The highest BCUT2D eigenvalue weighted by molar-refractivity contribution is 9.10. The van der Waals surface area contributed by atoms with E-state index in [0.717, 1.165) is 23.1 Å². The maximum Gasteiger partial charge on any atom is 0.224 e. The molecule has 1 heterocycles. The molecule has 5 nitrogen and oxygen atoms in total. The second-order valence-corrected chi connectivity index (χ2v) is 7.33. The SMILES string of the molecule is CC(C)C(CC(N)=O)N(c1nc(Cl)ncc1Br)C1CCCC1. The van der Waals surface area contributed by atoms with Gasteiger partial charge in [-0.25, -0.2) is 4.98 Å². The van der Waals surface area contributed by atoms with Crippen molar-refractivity contribution in [2.45, 2.75) is 58.0 Å². The Morgan fingerprint density at radius 1 is 1.50 bits per heavy atom. The molecule has 2 rings (SSSR count). The van der Waals surface area contributed by atoms with Crippen LogP contribution >= 0.6 is 27.5 Å². The Hall–Kier alpha value is -0.880. The molecular weight excluding hydrogens is 368 g/mol. The standard InChI is InChI=1S/C15H22BrClN4O/c1-9(2)12(7-13(18)22)21(10-5-3-4-6-10)14-11(16)8-19-15(17)20-14/h8-10,12H,3-7H2,1-2H3,(H2,18,22). The first-order valence-corrected chi connectivity index (χ1v) is 8.82. The number of rotatable bonds is 6. The highest BCUT2D eigenvalue weighted by atomic mass is 79.9. The van der Waals surface area contributed by atoms with Crippen LogP contribution in [0.2, 0.25) is 5.28 Å². The molecule has 1 aromatic heterocycles. The van der Waals surface area contributed by atoms with Crippen molar-refractivity contribution in [1.29, 1.82) is 0 Å². The van der Waals surface area contributed by atoms with Gasteiger partial charge in [0, 0.05) is 24.7 Å². The highest BCUT2D eigenvalue weighted by Gasteiger charge is 2.33. The number of halogens is 2. The lowest BCUT2D eigenvalue weighted by Crippen LogP contribution is -2.47. The second-order valence-electron chi connectivity index (χ2n) is 6.14. The molecule has 1 saturated carbocycles. The van der Waals surface area contributed by atoms with Crippen molar-refractivity contribution in [1.82, 2.24) is 9.97 Å². The van der Waals surface area contributed by atoms with Crippen LogP contribution in [-0.2, 0) is 4.79 Å². The number of hydrogen-bond acceptors (Lipinski definition) is 4. The number of anilines is 1. The van der Waals surface area contributed by atoms with Crippen LogP contribution in [0, 0.1) is 5.92 Å². The molecule has 1 aromatic rings. The molecule has 1 fully saturated rings. The fourth-order valence-corrected chi connectivity index (χ4v) is 3.69. The van der Waals surface area contributed by atoms with Crippen molar-refractivity contribution in [3.63, 3.8) is 0 Å². The average Bonchev–Trinajstić information content (AvgIpc) is 2.95. The lowest BCUT2D eigenvalue weighted by molar-refractivity contribution is -0.118. The van der Waals surface area contributed by atoms with E-state index in [-0.39, 0.29) is 23.2 Å². The molecule has 22 heavy (non-hydrogen) atoms. The maximum atomic E-state index is 11.5. The van der Waals surface area contributed by atoms with Gasteiger partial charge in [-0.1, -0.05) is 26.7 Å². The second kappa shape index (κ2) is 7.59. The molecule has 1 aliphatic rings. The molecule has 1 atom stereocenters. The molecule has 0 radical (unpaired) electrons. The number of nitrogens with zero attached hydrogens (tertiary/aromatic N) is 3. The molecule has 7 heteroatoms. The summed E-state index contributed by atoms with van der Waals surface area (Å²) in [6.45, 7) is 4.21. The summed E-state index contributed by atoms with van der Waals surface area (Å²) in [4.78, 5) is 22.2. The van der Waals surface area contributed by atoms with Gasteiger partial charge in [-0.2, -0.15) is 4.98 Å². The van der Waals surface area contributed by atoms with Crippen molar-refractivity contribution in [2.75, 3.05) is 4.90 Å². The van der Waals surface area contributed by atoms with Crippen molar-refractivity contribution in [3.05, 3.63) is 16.0 Å². The first-order chi connectivity index (χ1) is 10.4. The number of carbonyl (C=O) groups is 1. The quantitative estimate of drug-likeness (QED) is 0.755. The van der Waals surface area contributed by atoms with Gasteiger partial charge in [0.2, 0.25) is 11.2 Å². The number of aromatic nitrogens is 2. The Balaban J connectivity index is 2.44. The summed E-state index contributed by atoms with van der Waals surface area (Å²) in [7, 11) is 0. The molecule has 122 valence electrons. The molecule has 0 bridgehead atoms. The zero-order valence-electron chi connectivity index (χ0n) is 12.9. The first-order valence-electron chi connectivity index (χ1n) is 7.64. The Morgan fingerprint density at radius 2 is 2.14 bits per heavy atom. The van der Waals surface area contributed by atoms with Crippen LogP contribution in [0.5, 0.6) is 0 Å². The number of amides is 1. The molecule has 2 N–H and O–H groups in total. The normalized spacial score (nSPS) is 17.0. The third-order valence-electron chi connectivity index (χ3n) is 4.20. The van der Waals surface area contributed by atoms with E-state index < -0.39 is 0 Å². The Labute approximate surface area is 144 Å². The van der Waals surface area contributed by atoms with E-state index >= 15 is 0 Å². The van der Waals surface area contributed by atoms with Gasteiger partial charge in [-0.3, -0.25) is 4.79 Å². The number of carbonyl (C=O) groups excluding carboxylic acids is 1. The van der Waals surface area contributed by atoms with Crippen molar-refractivity contribution >= 4 is 39.3 Å². The number of nitrogens with two attached hydrogens (primary N) is 1. The minimum Gasteiger partial charge on any atom is -0.370 e. The van der Waals surface area contributed by atoms with Crippen LogP contribution < -0.4 is 10.6 Å². The molecule has 1 unspecified atom stereocenters. The first kappa shape index (κ1) is 17.5. The fraction of sp³-hybridized carbons (Fsp3) is 0.667. The van der Waals surface area contributed by atoms with Gasteiger partial charge in [-0.15, -0.1) is 0 Å². The minimum absolute atomic E-state index is 0.00265. The van der Waals surface area contributed by atoms with Crippen LogP contribution in [0.4, 0.5) is 5.82 Å². The summed E-state index contributed by atoms with van der Waals surface area (Å²) < 4.78 is 0.791. The predicted molar refractivity (Wildman–Crippen MR) is 91.9 cm³/mol. The van der Waals surface area contributed by atoms with Crippen LogP contribution in [0.15, 0.2) is 10.7 Å². The molecular formula is C15H22BrClN4O. The molecule has 1 amide bonds. The third kappa shape index (κ3) is 4.10. The average molecular weight is 390 g/mol. The minimum atomic E-state index is -0.294. The highest BCUT2D eigenvalue weighted by Crippen LogP contribution is 2.36. The van der Waals surface area contributed by atoms with E-state index in [1.165, 1.54) is 12.8 Å². The Morgan fingerprint density at radius 3 is 2.68 bits per heavy atom. The molecule has 0 spiro atoms. The zero-order chi connectivity index (χ0) is 16.3. The van der Waals surface area contributed by atoms with E-state index in [0.29, 0.717) is 12.5 Å². The number of primary amides is 1. The Bertz CT molecular complexity index is 534. The van der Waals surface area contributed by atoms with E-state index in [1.54, 1.807) is 6.20 Å². The monoisotopic (exact) mass is 388 g/mol. The van der Waals surface area contributed by atoms with Crippen LogP contribution in [-0.4, -0.2) is 28.0 Å². The van der Waals surface area contributed by atoms with Gasteiger partial charge in [0.25, 0.3) is 0 Å². The topological polar surface area (TPSA) is 72.1 Å².